The van der Waals surface area contributed by atoms with Crippen LogP contribution in [-0.2, 0) is 0 Å². The standard InChI is InChI=1S/C11H13N5.ClH/c1-2-6-13-10(5-1)16-11(14-8-15-16)9-4-3-7-12-9;/h1-2,5-6,8-9,12H,3-4,7H2;1H. The first-order chi connectivity index (χ1) is 7.95. The number of nitrogens with one attached hydrogen (secondary N) is 1. The van der Waals surface area contributed by atoms with Gasteiger partial charge in [-0.15, -0.1) is 12.4 Å². The third-order valence-corrected chi connectivity index (χ3v) is 2.81. The minimum atomic E-state index is 0. The maximum absolute atomic E-state index is 4.32. The van der Waals surface area contributed by atoms with Gasteiger partial charge in [-0.3, -0.25) is 0 Å². The van der Waals surface area contributed by atoms with E-state index in [-0.39, 0.29) is 12.4 Å². The molecule has 17 heavy (non-hydrogen) atoms. The molecule has 6 heteroatoms. The van der Waals surface area contributed by atoms with E-state index in [4.69, 9.17) is 0 Å². The van der Waals surface area contributed by atoms with Crippen LogP contribution in [0, 0.1) is 0 Å². The number of hydrogen-bond donors (Lipinski definition) is 1. The van der Waals surface area contributed by atoms with Gasteiger partial charge in [-0.2, -0.15) is 9.78 Å². The fourth-order valence-electron chi connectivity index (χ4n) is 2.05. The van der Waals surface area contributed by atoms with E-state index in [1.165, 1.54) is 6.42 Å². The van der Waals surface area contributed by atoms with E-state index in [1.807, 2.05) is 22.9 Å². The molecule has 1 N–H and O–H groups in total. The Labute approximate surface area is 106 Å². The van der Waals surface area contributed by atoms with Crippen LogP contribution in [-0.4, -0.2) is 26.3 Å². The molecule has 5 nitrogen and oxygen atoms in total. The molecule has 1 saturated heterocycles. The summed E-state index contributed by atoms with van der Waals surface area (Å²) < 4.78 is 1.81. The third-order valence-electron chi connectivity index (χ3n) is 2.81. The minimum Gasteiger partial charge on any atom is -0.307 e. The Bertz CT molecular complexity index is 464. The van der Waals surface area contributed by atoms with Crippen molar-refractivity contribution >= 4 is 12.4 Å². The molecule has 0 saturated carbocycles. The molecule has 0 bridgehead atoms. The van der Waals surface area contributed by atoms with Gasteiger partial charge in [0.15, 0.2) is 11.6 Å². The van der Waals surface area contributed by atoms with E-state index >= 15 is 0 Å². The summed E-state index contributed by atoms with van der Waals surface area (Å²) in [6, 6.07) is 6.10. The summed E-state index contributed by atoms with van der Waals surface area (Å²) in [5.74, 6) is 1.78. The van der Waals surface area contributed by atoms with Crippen LogP contribution in [0.1, 0.15) is 24.7 Å². The van der Waals surface area contributed by atoms with Gasteiger partial charge in [-0.1, -0.05) is 6.07 Å². The fourth-order valence-corrected chi connectivity index (χ4v) is 2.05. The summed E-state index contributed by atoms with van der Waals surface area (Å²) in [6.45, 7) is 1.06. The first kappa shape index (κ1) is 12.0. The van der Waals surface area contributed by atoms with Gasteiger partial charge in [0.25, 0.3) is 0 Å². The summed E-state index contributed by atoms with van der Waals surface area (Å²) in [5, 5.41) is 7.65. The summed E-state index contributed by atoms with van der Waals surface area (Å²) >= 11 is 0. The fraction of sp³-hybridized carbons (Fsp3) is 0.364. The minimum absolute atomic E-state index is 0. The molecule has 1 aliphatic rings. The summed E-state index contributed by atoms with van der Waals surface area (Å²) in [5.41, 5.74) is 0. The number of nitrogens with zero attached hydrogens (tertiary/aromatic N) is 4. The molecule has 90 valence electrons. The highest BCUT2D eigenvalue weighted by Gasteiger charge is 2.22. The van der Waals surface area contributed by atoms with Gasteiger partial charge in [0.2, 0.25) is 0 Å². The molecule has 2 aromatic heterocycles. The molecule has 1 unspecified atom stereocenters. The van der Waals surface area contributed by atoms with E-state index < -0.39 is 0 Å². The first-order valence-electron chi connectivity index (χ1n) is 5.50. The molecule has 0 aliphatic carbocycles. The van der Waals surface area contributed by atoms with Crippen molar-refractivity contribution in [2.45, 2.75) is 18.9 Å². The van der Waals surface area contributed by atoms with Gasteiger partial charge in [0.1, 0.15) is 6.33 Å². The zero-order valence-corrected chi connectivity index (χ0v) is 10.1. The highest BCUT2D eigenvalue weighted by molar-refractivity contribution is 5.85. The number of aromatic nitrogens is 4. The van der Waals surface area contributed by atoms with Crippen LogP contribution in [0.15, 0.2) is 30.7 Å². The Morgan fingerprint density at radius 3 is 2.94 bits per heavy atom. The van der Waals surface area contributed by atoms with Crippen LogP contribution in [0.3, 0.4) is 0 Å². The third kappa shape index (κ3) is 2.30. The molecular formula is C11H14ClN5. The molecule has 3 heterocycles. The van der Waals surface area contributed by atoms with Gasteiger partial charge in [0, 0.05) is 6.20 Å². The van der Waals surface area contributed by atoms with Gasteiger partial charge >= 0.3 is 0 Å². The average molecular weight is 252 g/mol. The summed E-state index contributed by atoms with van der Waals surface area (Å²) in [6.07, 6.45) is 5.66. The zero-order valence-electron chi connectivity index (χ0n) is 9.28. The monoisotopic (exact) mass is 251 g/mol. The predicted octanol–water partition coefficient (Wildman–Crippen LogP) is 1.51. The van der Waals surface area contributed by atoms with Crippen molar-refractivity contribution in [1.82, 2.24) is 25.1 Å². The first-order valence-corrected chi connectivity index (χ1v) is 5.50. The van der Waals surface area contributed by atoms with Crippen molar-refractivity contribution in [3.8, 4) is 5.82 Å². The topological polar surface area (TPSA) is 55.6 Å². The van der Waals surface area contributed by atoms with Crippen LogP contribution in [0.25, 0.3) is 5.82 Å². The largest absolute Gasteiger partial charge is 0.307 e. The van der Waals surface area contributed by atoms with Gasteiger partial charge in [0.05, 0.1) is 6.04 Å². The second-order valence-corrected chi connectivity index (χ2v) is 3.87. The highest BCUT2D eigenvalue weighted by atomic mass is 35.5. The van der Waals surface area contributed by atoms with Crippen molar-refractivity contribution in [3.63, 3.8) is 0 Å². The molecule has 0 radical (unpaired) electrons. The van der Waals surface area contributed by atoms with Gasteiger partial charge in [-0.05, 0) is 31.5 Å². The maximum Gasteiger partial charge on any atom is 0.155 e. The Morgan fingerprint density at radius 2 is 2.24 bits per heavy atom. The van der Waals surface area contributed by atoms with Crippen molar-refractivity contribution < 1.29 is 0 Å². The number of rotatable bonds is 2. The second kappa shape index (κ2) is 5.25. The number of hydrogen-bond acceptors (Lipinski definition) is 4. The van der Waals surface area contributed by atoms with Crippen LogP contribution < -0.4 is 5.32 Å². The van der Waals surface area contributed by atoms with Crippen molar-refractivity contribution in [2.75, 3.05) is 6.54 Å². The average Bonchev–Trinajstić information content (AvgIpc) is 3.01. The van der Waals surface area contributed by atoms with E-state index in [0.29, 0.717) is 6.04 Å². The van der Waals surface area contributed by atoms with E-state index in [0.717, 1.165) is 24.6 Å². The van der Waals surface area contributed by atoms with E-state index in [1.54, 1.807) is 12.5 Å². The molecule has 3 rings (SSSR count). The van der Waals surface area contributed by atoms with Crippen LogP contribution >= 0.6 is 12.4 Å². The second-order valence-electron chi connectivity index (χ2n) is 3.87. The lowest BCUT2D eigenvalue weighted by molar-refractivity contribution is 0.580. The van der Waals surface area contributed by atoms with Crippen LogP contribution in [0.2, 0.25) is 0 Å². The lowest BCUT2D eigenvalue weighted by Gasteiger charge is -2.10. The Balaban J connectivity index is 0.00000108. The Hall–Kier alpha value is -1.46. The van der Waals surface area contributed by atoms with Crippen molar-refractivity contribution in [2.24, 2.45) is 0 Å². The number of halogens is 1. The molecule has 2 aromatic rings. The van der Waals surface area contributed by atoms with Gasteiger partial charge < -0.3 is 5.32 Å². The summed E-state index contributed by atoms with van der Waals surface area (Å²) in [7, 11) is 0. The smallest absolute Gasteiger partial charge is 0.155 e. The molecular weight excluding hydrogens is 238 g/mol. The highest BCUT2D eigenvalue weighted by Crippen LogP contribution is 2.22. The molecule has 0 aromatic carbocycles. The molecule has 0 amide bonds. The van der Waals surface area contributed by atoms with Crippen LogP contribution in [0.4, 0.5) is 0 Å². The quantitative estimate of drug-likeness (QED) is 0.879. The Kier molecular flexibility index (Phi) is 3.71. The Morgan fingerprint density at radius 1 is 1.29 bits per heavy atom. The maximum atomic E-state index is 4.32. The zero-order chi connectivity index (χ0) is 10.8. The van der Waals surface area contributed by atoms with Gasteiger partial charge in [-0.25, -0.2) is 9.97 Å². The van der Waals surface area contributed by atoms with Crippen molar-refractivity contribution in [3.05, 3.63) is 36.5 Å². The normalized spacial score (nSPS) is 18.9. The molecule has 1 atom stereocenters. The van der Waals surface area contributed by atoms with Crippen LogP contribution in [0.5, 0.6) is 0 Å². The van der Waals surface area contributed by atoms with E-state index in [9.17, 15) is 0 Å². The molecule has 0 spiro atoms. The lowest BCUT2D eigenvalue weighted by atomic mass is 10.2. The summed E-state index contributed by atoms with van der Waals surface area (Å²) in [4.78, 5) is 8.61. The SMILES string of the molecule is Cl.c1ccc(-n2ncnc2C2CCCN2)nc1. The molecule has 1 fully saturated rings. The number of pyridine rings is 1. The van der Waals surface area contributed by atoms with Crippen molar-refractivity contribution in [1.29, 1.82) is 0 Å². The lowest BCUT2D eigenvalue weighted by Crippen LogP contribution is -2.18. The molecule has 1 aliphatic heterocycles. The van der Waals surface area contributed by atoms with E-state index in [2.05, 4.69) is 20.4 Å². The predicted molar refractivity (Wildman–Crippen MR) is 66.4 cm³/mol.